The number of aromatic nitrogens is 2. The normalized spacial score (nSPS) is 22.3. The molecule has 1 N–H and O–H groups in total. The van der Waals surface area contributed by atoms with Gasteiger partial charge in [0.15, 0.2) is 0 Å². The van der Waals surface area contributed by atoms with Crippen molar-refractivity contribution in [1.29, 1.82) is 0 Å². The Hall–Kier alpha value is -1.94. The third-order valence-electron chi connectivity index (χ3n) is 6.86. The van der Waals surface area contributed by atoms with Crippen LogP contribution in [0.3, 0.4) is 0 Å². The van der Waals surface area contributed by atoms with Gasteiger partial charge in [0.25, 0.3) is 0 Å². The fourth-order valence-electron chi connectivity index (χ4n) is 4.83. The third-order valence-corrected chi connectivity index (χ3v) is 6.86. The van der Waals surface area contributed by atoms with Crippen LogP contribution in [-0.4, -0.2) is 72.5 Å². The first-order valence-corrected chi connectivity index (χ1v) is 12.7. The molecule has 1 aliphatic heterocycles. The molecule has 2 aliphatic rings. The summed E-state index contributed by atoms with van der Waals surface area (Å²) < 4.78 is 41.1. The topological polar surface area (TPSA) is 70.6 Å². The van der Waals surface area contributed by atoms with Crippen LogP contribution in [0.4, 0.5) is 19.0 Å². The molecule has 1 aromatic heterocycles. The Morgan fingerprint density at radius 3 is 2.31 bits per heavy atom. The van der Waals surface area contributed by atoms with Gasteiger partial charge in [-0.3, -0.25) is 14.4 Å². The van der Waals surface area contributed by atoms with Crippen molar-refractivity contribution in [3.8, 4) is 0 Å². The van der Waals surface area contributed by atoms with Gasteiger partial charge in [-0.05, 0) is 44.6 Å². The number of carbonyl (C=O) groups is 1. The first-order chi connectivity index (χ1) is 16.4. The maximum atomic E-state index is 12.4. The molecule has 0 atom stereocenters. The number of alkyl halides is 3. The minimum absolute atomic E-state index is 0.0615. The molecule has 1 aliphatic carbocycles. The Kier molecular flexibility index (Phi) is 9.37. The van der Waals surface area contributed by atoms with Crippen LogP contribution >= 0.6 is 0 Å². The average molecular weight is 500 g/mol. The van der Waals surface area contributed by atoms with Gasteiger partial charge in [0.2, 0.25) is 5.91 Å². The van der Waals surface area contributed by atoms with Crippen molar-refractivity contribution in [3.05, 3.63) is 17.6 Å². The van der Waals surface area contributed by atoms with Crippen molar-refractivity contribution in [2.75, 3.05) is 44.2 Å². The molecule has 2 heterocycles. The molecule has 10 heteroatoms. The number of hydrogen-bond donors (Lipinski definition) is 1. The van der Waals surface area contributed by atoms with Crippen molar-refractivity contribution < 1.29 is 22.7 Å². The van der Waals surface area contributed by atoms with E-state index in [1.54, 1.807) is 13.0 Å². The number of piperazine rings is 1. The van der Waals surface area contributed by atoms with Gasteiger partial charge in [-0.25, -0.2) is 9.97 Å². The van der Waals surface area contributed by atoms with Crippen molar-refractivity contribution in [1.82, 2.24) is 20.2 Å². The fourth-order valence-corrected chi connectivity index (χ4v) is 4.83. The quantitative estimate of drug-likeness (QED) is 0.582. The van der Waals surface area contributed by atoms with Gasteiger partial charge < -0.3 is 10.2 Å². The molecule has 0 spiro atoms. The number of nitrogens with one attached hydrogen (secondary N) is 1. The highest BCUT2D eigenvalue weighted by Gasteiger charge is 2.29. The van der Waals surface area contributed by atoms with E-state index in [2.05, 4.69) is 24.8 Å². The molecule has 0 unspecified atom stereocenters. The number of hydrogen-bond acceptors (Lipinski definition) is 6. The summed E-state index contributed by atoms with van der Waals surface area (Å²) in [4.78, 5) is 25.2. The Balaban J connectivity index is 1.50. The molecule has 0 aromatic carbocycles. The van der Waals surface area contributed by atoms with Gasteiger partial charge in [-0.15, -0.1) is 13.2 Å². The Morgan fingerprint density at radius 1 is 1.09 bits per heavy atom. The predicted molar refractivity (Wildman–Crippen MR) is 129 cm³/mol. The second-order valence-corrected chi connectivity index (χ2v) is 10.9. The van der Waals surface area contributed by atoms with Crippen LogP contribution < -0.4 is 10.2 Å². The molecule has 198 valence electrons. The Morgan fingerprint density at radius 2 is 1.74 bits per heavy atom. The fraction of sp³-hybridized carbons (Fsp3) is 0.800. The Bertz CT molecular complexity index is 827. The molecule has 2 fully saturated rings. The van der Waals surface area contributed by atoms with Crippen molar-refractivity contribution in [2.45, 2.75) is 84.0 Å². The van der Waals surface area contributed by atoms with E-state index in [-0.39, 0.29) is 17.7 Å². The number of anilines is 1. The van der Waals surface area contributed by atoms with Gasteiger partial charge >= 0.3 is 6.36 Å². The van der Waals surface area contributed by atoms with E-state index in [0.29, 0.717) is 17.6 Å². The summed E-state index contributed by atoms with van der Waals surface area (Å²) in [7, 11) is 0. The number of carbonyl (C=O) groups excluding carboxylic acids is 1. The smallest absolute Gasteiger partial charge is 0.354 e. The summed E-state index contributed by atoms with van der Waals surface area (Å²) in [5.74, 6) is 2.19. The summed E-state index contributed by atoms with van der Waals surface area (Å²) in [6, 6.07) is 2.14. The minimum Gasteiger partial charge on any atom is -0.354 e. The van der Waals surface area contributed by atoms with Crippen LogP contribution in [-0.2, 0) is 21.4 Å². The summed E-state index contributed by atoms with van der Waals surface area (Å²) in [5, 5.41) is 3.04. The highest BCUT2D eigenvalue weighted by Crippen LogP contribution is 2.28. The van der Waals surface area contributed by atoms with Crippen LogP contribution in [0.2, 0.25) is 0 Å². The van der Waals surface area contributed by atoms with Gasteiger partial charge in [-0.1, -0.05) is 20.8 Å². The van der Waals surface area contributed by atoms with Gasteiger partial charge in [0, 0.05) is 62.7 Å². The predicted octanol–water partition coefficient (Wildman–Crippen LogP) is 4.06. The largest absolute Gasteiger partial charge is 0.522 e. The highest BCUT2D eigenvalue weighted by molar-refractivity contribution is 5.73. The monoisotopic (exact) mass is 499 g/mol. The number of ether oxygens (including phenoxy) is 1. The first-order valence-electron chi connectivity index (χ1n) is 12.7. The van der Waals surface area contributed by atoms with Crippen molar-refractivity contribution in [3.63, 3.8) is 0 Å². The van der Waals surface area contributed by atoms with Gasteiger partial charge in [-0.2, -0.15) is 0 Å². The number of rotatable bonds is 8. The lowest BCUT2D eigenvalue weighted by atomic mass is 9.84. The maximum Gasteiger partial charge on any atom is 0.522 e. The van der Waals surface area contributed by atoms with Crippen molar-refractivity contribution in [2.24, 2.45) is 5.92 Å². The van der Waals surface area contributed by atoms with E-state index in [9.17, 15) is 18.0 Å². The van der Waals surface area contributed by atoms with E-state index in [1.165, 1.54) is 19.3 Å². The lowest BCUT2D eigenvalue weighted by molar-refractivity contribution is -0.324. The molecule has 1 aromatic rings. The van der Waals surface area contributed by atoms with Crippen LogP contribution in [0, 0.1) is 5.92 Å². The van der Waals surface area contributed by atoms with E-state index in [0.717, 1.165) is 57.3 Å². The molecular weight excluding hydrogens is 459 g/mol. The summed E-state index contributed by atoms with van der Waals surface area (Å²) in [6.07, 6.45) is 1.10. The first kappa shape index (κ1) is 27.6. The van der Waals surface area contributed by atoms with E-state index in [1.807, 2.05) is 20.8 Å². The zero-order valence-corrected chi connectivity index (χ0v) is 21.5. The molecule has 0 radical (unpaired) electrons. The summed E-state index contributed by atoms with van der Waals surface area (Å²) in [5.41, 5.74) is 0.262. The number of halogens is 3. The SMILES string of the molecule is CC(=O)N[C@H]1CC[C@H](CCN2CCN(c3cc(CCOC(F)(F)F)nc(C(C)(C)C)n3)CC2)CC1. The zero-order chi connectivity index (χ0) is 25.6. The average Bonchev–Trinajstić information content (AvgIpc) is 2.77. The second-order valence-electron chi connectivity index (χ2n) is 10.9. The van der Waals surface area contributed by atoms with Gasteiger partial charge in [0.05, 0.1) is 6.61 Å². The zero-order valence-electron chi connectivity index (χ0n) is 21.5. The minimum atomic E-state index is -4.64. The summed E-state index contributed by atoms with van der Waals surface area (Å²) in [6.45, 7) is 11.7. The number of amides is 1. The second kappa shape index (κ2) is 11.9. The lowest BCUT2D eigenvalue weighted by Gasteiger charge is -2.37. The molecule has 1 saturated carbocycles. The molecule has 0 bridgehead atoms. The molecule has 1 saturated heterocycles. The highest BCUT2D eigenvalue weighted by atomic mass is 19.4. The van der Waals surface area contributed by atoms with E-state index >= 15 is 0 Å². The maximum absolute atomic E-state index is 12.4. The standard InChI is InChI=1S/C25H40F3N5O2/c1-18(34)29-20-7-5-19(6-8-20)9-11-32-12-14-33(15-13-32)22-17-21(10-16-35-25(26,27)28)30-23(31-22)24(2,3)4/h17,19-20H,5-16H2,1-4H3,(H,29,34)/t19-,20-. The Labute approximate surface area is 206 Å². The van der Waals surface area contributed by atoms with Crippen LogP contribution in [0.5, 0.6) is 0 Å². The molecular formula is C25H40F3N5O2. The molecule has 7 nitrogen and oxygen atoms in total. The number of nitrogens with zero attached hydrogens (tertiary/aromatic N) is 4. The molecule has 3 rings (SSSR count). The summed E-state index contributed by atoms with van der Waals surface area (Å²) >= 11 is 0. The van der Waals surface area contributed by atoms with Gasteiger partial charge in [0.1, 0.15) is 11.6 Å². The van der Waals surface area contributed by atoms with Crippen molar-refractivity contribution >= 4 is 11.7 Å². The van der Waals surface area contributed by atoms with E-state index < -0.39 is 13.0 Å². The molecule has 1 amide bonds. The van der Waals surface area contributed by atoms with Crippen LogP contribution in [0.25, 0.3) is 0 Å². The lowest BCUT2D eigenvalue weighted by Crippen LogP contribution is -2.47. The molecule has 35 heavy (non-hydrogen) atoms. The van der Waals surface area contributed by atoms with E-state index in [4.69, 9.17) is 4.98 Å². The third kappa shape index (κ3) is 9.22. The van der Waals surface area contributed by atoms with Crippen LogP contribution in [0.1, 0.15) is 71.3 Å². The van der Waals surface area contributed by atoms with Crippen LogP contribution in [0.15, 0.2) is 6.07 Å².